The van der Waals surface area contributed by atoms with Crippen LogP contribution in [0.15, 0.2) is 109 Å². The van der Waals surface area contributed by atoms with E-state index in [2.05, 4.69) is 109 Å². The van der Waals surface area contributed by atoms with Crippen LogP contribution in [-0.4, -0.2) is 12.7 Å². The van der Waals surface area contributed by atoms with Gasteiger partial charge in [0.2, 0.25) is 0 Å². The summed E-state index contributed by atoms with van der Waals surface area (Å²) >= 11 is 0. The number of rotatable bonds is 4. The van der Waals surface area contributed by atoms with E-state index in [4.69, 9.17) is 4.79 Å². The van der Waals surface area contributed by atoms with Gasteiger partial charge in [-0.25, -0.2) is 0 Å². The maximum absolute atomic E-state index is 9.16. The van der Waals surface area contributed by atoms with Gasteiger partial charge >= 0.3 is 0 Å². The summed E-state index contributed by atoms with van der Waals surface area (Å²) in [6.45, 7) is 1.78. The van der Waals surface area contributed by atoms with Gasteiger partial charge in [-0.05, 0) is 48.6 Å². The van der Waals surface area contributed by atoms with Crippen molar-refractivity contribution < 1.29 is 4.79 Å². The zero-order valence-electron chi connectivity index (χ0n) is 15.8. The summed E-state index contributed by atoms with van der Waals surface area (Å²) in [5.74, 6) is 0. The van der Waals surface area contributed by atoms with E-state index in [1.54, 1.807) is 6.66 Å². The van der Waals surface area contributed by atoms with Crippen molar-refractivity contribution in [2.45, 2.75) is 0 Å². The molecule has 2 heteroatoms. The first-order chi connectivity index (χ1) is 13.8. The van der Waals surface area contributed by atoms with Gasteiger partial charge in [0.25, 0.3) is 0 Å². The van der Waals surface area contributed by atoms with E-state index in [9.17, 15) is 0 Å². The Morgan fingerprint density at radius 3 is 1.25 bits per heavy atom. The zero-order valence-corrected chi connectivity index (χ0v) is 16.7. The van der Waals surface area contributed by atoms with Crippen molar-refractivity contribution in [3.8, 4) is 33.4 Å². The molecule has 137 valence electrons. The van der Waals surface area contributed by atoms with Gasteiger partial charge in [0.15, 0.2) is 0 Å². The fraction of sp³-hybridized carbons (Fsp3) is 0.0385. The highest BCUT2D eigenvalue weighted by Gasteiger charge is 2.13. The van der Waals surface area contributed by atoms with Crippen LogP contribution in [-0.2, 0) is 4.79 Å². The Labute approximate surface area is 168 Å². The van der Waals surface area contributed by atoms with Gasteiger partial charge in [0.1, 0.15) is 6.03 Å². The van der Waals surface area contributed by atoms with Crippen LogP contribution in [0.1, 0.15) is 0 Å². The largest absolute Gasteiger partial charge is 0.298 e. The van der Waals surface area contributed by atoms with Crippen molar-refractivity contribution >= 4 is 14.6 Å². The van der Waals surface area contributed by atoms with E-state index < -0.39 is 0 Å². The Morgan fingerprint density at radius 2 is 0.893 bits per heavy atom. The highest BCUT2D eigenvalue weighted by Crippen LogP contribution is 2.39. The summed E-state index contributed by atoms with van der Waals surface area (Å²) in [5.41, 5.74) is 7.56. The standard InChI is InChI=1S/C24H18.C2H4OP/c1-4-11-19(12-5-1)22-17-10-18-23(20-13-6-2-7-14-20)24(22)21-15-8-3-9-16-21;1-4-2-3/h1-18H;2H,1H3. The number of hydrogen-bond acceptors (Lipinski definition) is 1. The van der Waals surface area contributed by atoms with Crippen molar-refractivity contribution in [2.24, 2.45) is 0 Å². The molecule has 0 fully saturated rings. The average molecular weight is 381 g/mol. The molecule has 0 atom stereocenters. The third kappa shape index (κ3) is 4.82. The summed E-state index contributed by atoms with van der Waals surface area (Å²) < 4.78 is 0. The molecule has 4 rings (SSSR count). The maximum atomic E-state index is 9.16. The van der Waals surface area contributed by atoms with Gasteiger partial charge in [-0.2, -0.15) is 0 Å². The van der Waals surface area contributed by atoms with Crippen LogP contribution in [0.25, 0.3) is 33.4 Å². The van der Waals surface area contributed by atoms with Gasteiger partial charge in [-0.1, -0.05) is 109 Å². The third-order valence-electron chi connectivity index (χ3n) is 4.40. The second kappa shape index (κ2) is 10.3. The average Bonchev–Trinajstić information content (AvgIpc) is 2.80. The van der Waals surface area contributed by atoms with Gasteiger partial charge in [-0.3, -0.25) is 4.79 Å². The van der Waals surface area contributed by atoms with Gasteiger partial charge < -0.3 is 0 Å². The van der Waals surface area contributed by atoms with Crippen LogP contribution in [0.2, 0.25) is 0 Å². The van der Waals surface area contributed by atoms with E-state index in [0.717, 1.165) is 14.6 Å². The molecule has 0 N–H and O–H groups in total. The quantitative estimate of drug-likeness (QED) is 0.265. The first kappa shape index (κ1) is 19.7. The topological polar surface area (TPSA) is 17.1 Å². The second-order valence-corrected chi connectivity index (χ2v) is 6.92. The molecule has 1 nitrogen and oxygen atoms in total. The molecular weight excluding hydrogens is 359 g/mol. The first-order valence-corrected chi connectivity index (χ1v) is 10.6. The summed E-state index contributed by atoms with van der Waals surface area (Å²) in [4.78, 5) is 9.16. The molecule has 1 radical (unpaired) electrons. The number of carbonyl (C=O) groups excluding carboxylic acids is 1. The minimum atomic E-state index is 0.818. The minimum Gasteiger partial charge on any atom is -0.298 e. The Morgan fingerprint density at radius 1 is 0.536 bits per heavy atom. The summed E-state index contributed by atoms with van der Waals surface area (Å²) in [6.07, 6.45) is 0. The van der Waals surface area contributed by atoms with Crippen LogP contribution in [0, 0.1) is 0 Å². The van der Waals surface area contributed by atoms with Crippen LogP contribution < -0.4 is 0 Å². The highest BCUT2D eigenvalue weighted by molar-refractivity contribution is 7.54. The van der Waals surface area contributed by atoms with Gasteiger partial charge in [0, 0.05) is 0 Å². The SMILES string of the molecule is C[P]C=O.c1ccc(-c2cccc(-c3ccccc3)c2-c2ccccc2)cc1. The lowest BCUT2D eigenvalue weighted by molar-refractivity contribution is 0.569. The molecule has 4 aromatic carbocycles. The lowest BCUT2D eigenvalue weighted by Crippen LogP contribution is -1.90. The molecule has 4 aromatic rings. The number of benzene rings is 4. The number of carbonyl (C=O) groups is 1. The summed E-state index contributed by atoms with van der Waals surface area (Å²) in [7, 11) is 0.818. The Kier molecular flexibility index (Phi) is 7.29. The molecular formula is C26H22OP. The predicted octanol–water partition coefficient (Wildman–Crippen LogP) is 7.44. The number of hydrogen-bond donors (Lipinski definition) is 0. The summed E-state index contributed by atoms with van der Waals surface area (Å²) in [6, 6.07) is 39.3. The van der Waals surface area contributed by atoms with Crippen molar-refractivity contribution in [1.82, 2.24) is 0 Å². The molecule has 0 aliphatic heterocycles. The molecule has 0 saturated heterocycles. The normalized spacial score (nSPS) is 10.3. The molecule has 0 aromatic heterocycles. The van der Waals surface area contributed by atoms with Crippen LogP contribution in [0.4, 0.5) is 0 Å². The van der Waals surface area contributed by atoms with Crippen LogP contribution in [0.5, 0.6) is 0 Å². The van der Waals surface area contributed by atoms with Crippen molar-refractivity contribution in [2.75, 3.05) is 6.66 Å². The molecule has 0 spiro atoms. The molecule has 0 bridgehead atoms. The van der Waals surface area contributed by atoms with Crippen LogP contribution >= 0.6 is 8.58 Å². The Balaban J connectivity index is 0.000000516. The van der Waals surface area contributed by atoms with Crippen molar-refractivity contribution in [3.05, 3.63) is 109 Å². The smallest absolute Gasteiger partial charge is 0.146 e. The van der Waals surface area contributed by atoms with E-state index in [1.807, 2.05) is 0 Å². The minimum absolute atomic E-state index is 0.818. The molecule has 0 heterocycles. The third-order valence-corrected chi connectivity index (χ3v) is 4.61. The molecule has 0 aliphatic rings. The van der Waals surface area contributed by atoms with E-state index >= 15 is 0 Å². The fourth-order valence-electron chi connectivity index (χ4n) is 3.18. The van der Waals surface area contributed by atoms with E-state index in [-0.39, 0.29) is 0 Å². The molecule has 0 saturated carbocycles. The van der Waals surface area contributed by atoms with Crippen molar-refractivity contribution in [3.63, 3.8) is 0 Å². The summed E-state index contributed by atoms with van der Waals surface area (Å²) in [5, 5.41) is 0. The molecule has 0 aliphatic carbocycles. The van der Waals surface area contributed by atoms with Crippen molar-refractivity contribution in [1.29, 1.82) is 0 Å². The maximum Gasteiger partial charge on any atom is 0.146 e. The lowest BCUT2D eigenvalue weighted by Gasteiger charge is -2.16. The Hall–Kier alpha value is -3.02. The monoisotopic (exact) mass is 381 g/mol. The molecule has 28 heavy (non-hydrogen) atoms. The molecule has 0 amide bonds. The zero-order chi connectivity index (χ0) is 19.6. The Bertz CT molecular complexity index is 939. The first-order valence-electron chi connectivity index (χ1n) is 9.17. The van der Waals surface area contributed by atoms with E-state index in [1.165, 1.54) is 33.4 Å². The van der Waals surface area contributed by atoms with E-state index in [0.29, 0.717) is 0 Å². The fourth-order valence-corrected chi connectivity index (χ4v) is 3.18. The van der Waals surface area contributed by atoms with Gasteiger partial charge in [-0.15, -0.1) is 0 Å². The van der Waals surface area contributed by atoms with Gasteiger partial charge in [0.05, 0.1) is 0 Å². The highest BCUT2D eigenvalue weighted by atomic mass is 31.1. The predicted molar refractivity (Wildman–Crippen MR) is 122 cm³/mol. The lowest BCUT2D eigenvalue weighted by atomic mass is 9.88. The molecule has 0 unspecified atom stereocenters. The van der Waals surface area contributed by atoms with Crippen LogP contribution in [0.3, 0.4) is 0 Å². The second-order valence-electron chi connectivity index (χ2n) is 6.19.